The molecule has 0 spiro atoms. The second-order valence-electron chi connectivity index (χ2n) is 4.60. The van der Waals surface area contributed by atoms with Gasteiger partial charge in [-0.3, -0.25) is 4.79 Å². The fraction of sp³-hybridized carbons (Fsp3) is 0.250. The Morgan fingerprint density at radius 3 is 2.67 bits per heavy atom. The number of nitrogens with zero attached hydrogens (tertiary/aromatic N) is 1. The van der Waals surface area contributed by atoms with Crippen LogP contribution in [0.3, 0.4) is 0 Å². The van der Waals surface area contributed by atoms with Crippen molar-refractivity contribution in [2.24, 2.45) is 10.7 Å². The first-order chi connectivity index (χ1) is 10.2. The van der Waals surface area contributed by atoms with Crippen molar-refractivity contribution in [3.8, 4) is 0 Å². The van der Waals surface area contributed by atoms with Gasteiger partial charge in [-0.2, -0.15) is 0 Å². The number of amidine groups is 1. The molecule has 0 saturated carbocycles. The molecule has 1 aromatic rings. The first-order valence-electron chi connectivity index (χ1n) is 6.82. The Bertz CT molecular complexity index is 618. The quantitative estimate of drug-likeness (QED) is 0.896. The molecular formula is C16H19N3OS. The van der Waals surface area contributed by atoms with Gasteiger partial charge in [0, 0.05) is 5.69 Å². The lowest BCUT2D eigenvalue weighted by atomic mass is 10.1. The number of hydrogen-bond acceptors (Lipinski definition) is 4. The molecule has 1 amide bonds. The second-order valence-corrected chi connectivity index (χ2v) is 5.40. The van der Waals surface area contributed by atoms with Crippen LogP contribution in [-0.4, -0.2) is 18.0 Å². The average Bonchev–Trinajstić information content (AvgIpc) is 2.67. The van der Waals surface area contributed by atoms with Gasteiger partial charge in [-0.1, -0.05) is 31.2 Å². The van der Waals surface area contributed by atoms with Crippen LogP contribution < -0.4 is 11.1 Å². The highest BCUT2D eigenvalue weighted by molar-refractivity contribution is 8.02. The highest BCUT2D eigenvalue weighted by Gasteiger charge is 2.18. The van der Waals surface area contributed by atoms with Gasteiger partial charge in [-0.25, -0.2) is 4.99 Å². The summed E-state index contributed by atoms with van der Waals surface area (Å²) in [6.45, 7) is 2.09. The first-order valence-corrected chi connectivity index (χ1v) is 8.05. The van der Waals surface area contributed by atoms with Crippen LogP contribution in [0, 0.1) is 0 Å². The normalized spacial score (nSPS) is 15.1. The maximum Gasteiger partial charge on any atom is 0.252 e. The molecule has 3 N–H and O–H groups in total. The Labute approximate surface area is 129 Å². The molecule has 0 aromatic heterocycles. The van der Waals surface area contributed by atoms with E-state index in [9.17, 15) is 4.79 Å². The Morgan fingerprint density at radius 2 is 2.10 bits per heavy atom. The van der Waals surface area contributed by atoms with Crippen LogP contribution in [0.25, 0.3) is 0 Å². The molecule has 1 aliphatic rings. The number of allylic oxidation sites excluding steroid dienone is 2. The number of carbonyl (C=O) groups is 1. The van der Waals surface area contributed by atoms with E-state index in [4.69, 9.17) is 5.73 Å². The molecule has 1 aromatic carbocycles. The lowest BCUT2D eigenvalue weighted by molar-refractivity contribution is -0.114. The SMILES string of the molecule is CCC1=C(SC)N=C(Nc2ccccc2)C(C(N)=O)=CC1. The predicted molar refractivity (Wildman–Crippen MR) is 90.2 cm³/mol. The fourth-order valence-corrected chi connectivity index (χ4v) is 2.81. The Balaban J connectivity index is 2.42. The largest absolute Gasteiger partial charge is 0.365 e. The van der Waals surface area contributed by atoms with E-state index < -0.39 is 5.91 Å². The summed E-state index contributed by atoms with van der Waals surface area (Å²) in [6.07, 6.45) is 5.46. The van der Waals surface area contributed by atoms with Crippen molar-refractivity contribution in [2.75, 3.05) is 11.6 Å². The molecule has 2 rings (SSSR count). The average molecular weight is 301 g/mol. The van der Waals surface area contributed by atoms with E-state index in [-0.39, 0.29) is 0 Å². The van der Waals surface area contributed by atoms with Crippen LogP contribution in [0.4, 0.5) is 5.69 Å². The van der Waals surface area contributed by atoms with E-state index in [1.54, 1.807) is 11.8 Å². The number of nitrogens with two attached hydrogens (primary N) is 1. The third-order valence-corrected chi connectivity index (χ3v) is 4.01. The minimum absolute atomic E-state index is 0.439. The van der Waals surface area contributed by atoms with E-state index in [0.717, 1.165) is 17.1 Å². The van der Waals surface area contributed by atoms with Crippen molar-refractivity contribution in [2.45, 2.75) is 19.8 Å². The molecule has 0 bridgehead atoms. The van der Waals surface area contributed by atoms with Gasteiger partial charge in [0.2, 0.25) is 0 Å². The first kappa shape index (κ1) is 15.4. The molecule has 1 heterocycles. The van der Waals surface area contributed by atoms with Crippen LogP contribution >= 0.6 is 11.8 Å². The molecule has 0 fully saturated rings. The van der Waals surface area contributed by atoms with Crippen molar-refractivity contribution in [1.82, 2.24) is 0 Å². The van der Waals surface area contributed by atoms with Gasteiger partial charge in [-0.15, -0.1) is 11.8 Å². The lowest BCUT2D eigenvalue weighted by Crippen LogP contribution is -2.25. The number of hydrogen-bond donors (Lipinski definition) is 2. The molecular weight excluding hydrogens is 282 g/mol. The van der Waals surface area contributed by atoms with Crippen LogP contribution in [0.15, 0.2) is 57.6 Å². The van der Waals surface area contributed by atoms with E-state index in [1.165, 1.54) is 5.57 Å². The van der Waals surface area contributed by atoms with Crippen LogP contribution in [0.2, 0.25) is 0 Å². The van der Waals surface area contributed by atoms with Crippen LogP contribution in [0.5, 0.6) is 0 Å². The van der Waals surface area contributed by atoms with Crippen molar-refractivity contribution < 1.29 is 4.79 Å². The summed E-state index contributed by atoms with van der Waals surface area (Å²) in [7, 11) is 0. The summed E-state index contributed by atoms with van der Waals surface area (Å²) in [5, 5.41) is 4.14. The van der Waals surface area contributed by atoms with Crippen molar-refractivity contribution in [3.05, 3.63) is 52.6 Å². The molecule has 4 nitrogen and oxygen atoms in total. The molecule has 0 unspecified atom stereocenters. The predicted octanol–water partition coefficient (Wildman–Crippen LogP) is 3.30. The number of thioether (sulfide) groups is 1. The summed E-state index contributed by atoms with van der Waals surface area (Å²) in [6, 6.07) is 9.64. The highest BCUT2D eigenvalue weighted by atomic mass is 32.2. The molecule has 0 aliphatic carbocycles. The maximum absolute atomic E-state index is 11.7. The molecule has 5 heteroatoms. The zero-order valence-electron chi connectivity index (χ0n) is 12.2. The number of aliphatic imine (C=N–C) groups is 1. The number of carbonyl (C=O) groups excluding carboxylic acids is 1. The molecule has 0 saturated heterocycles. The van der Waals surface area contributed by atoms with Crippen LogP contribution in [0.1, 0.15) is 19.8 Å². The molecule has 0 atom stereocenters. The van der Waals surface area contributed by atoms with Crippen molar-refractivity contribution in [1.29, 1.82) is 0 Å². The number of benzene rings is 1. The zero-order valence-corrected chi connectivity index (χ0v) is 13.0. The molecule has 0 radical (unpaired) electrons. The summed E-state index contributed by atoms with van der Waals surface area (Å²) in [5.74, 6) is 0.0523. The van der Waals surface area contributed by atoms with Gasteiger partial charge in [0.15, 0.2) is 0 Å². The highest BCUT2D eigenvalue weighted by Crippen LogP contribution is 2.28. The van der Waals surface area contributed by atoms with Crippen LogP contribution in [-0.2, 0) is 4.79 Å². The topological polar surface area (TPSA) is 67.5 Å². The molecule has 21 heavy (non-hydrogen) atoms. The van der Waals surface area contributed by atoms with E-state index in [0.29, 0.717) is 17.8 Å². The fourth-order valence-electron chi connectivity index (χ4n) is 2.11. The van der Waals surface area contributed by atoms with Gasteiger partial charge in [-0.05, 0) is 36.8 Å². The number of anilines is 1. The number of nitrogens with one attached hydrogen (secondary N) is 1. The minimum atomic E-state index is -0.463. The Kier molecular flexibility index (Phi) is 5.22. The summed E-state index contributed by atoms with van der Waals surface area (Å²) in [5.41, 5.74) is 8.03. The number of rotatable bonds is 4. The Hall–Kier alpha value is -2.01. The third kappa shape index (κ3) is 3.76. The van der Waals surface area contributed by atoms with E-state index in [2.05, 4.69) is 17.2 Å². The minimum Gasteiger partial charge on any atom is -0.365 e. The number of para-hydroxylation sites is 1. The number of primary amides is 1. The zero-order chi connectivity index (χ0) is 15.2. The van der Waals surface area contributed by atoms with Gasteiger partial charge < -0.3 is 11.1 Å². The number of amides is 1. The summed E-state index contributed by atoms with van der Waals surface area (Å²) >= 11 is 1.59. The lowest BCUT2D eigenvalue weighted by Gasteiger charge is -2.11. The summed E-state index contributed by atoms with van der Waals surface area (Å²) < 4.78 is 0. The van der Waals surface area contributed by atoms with Gasteiger partial charge in [0.1, 0.15) is 5.84 Å². The van der Waals surface area contributed by atoms with Gasteiger partial charge in [0.05, 0.1) is 10.6 Å². The van der Waals surface area contributed by atoms with Gasteiger partial charge in [0.25, 0.3) is 5.91 Å². The van der Waals surface area contributed by atoms with E-state index in [1.807, 2.05) is 42.7 Å². The van der Waals surface area contributed by atoms with Gasteiger partial charge >= 0.3 is 0 Å². The second kappa shape index (κ2) is 7.13. The smallest absolute Gasteiger partial charge is 0.252 e. The van der Waals surface area contributed by atoms with Crippen molar-refractivity contribution in [3.63, 3.8) is 0 Å². The third-order valence-electron chi connectivity index (χ3n) is 3.25. The standard InChI is InChI=1S/C16H19N3OS/c1-3-11-9-10-13(14(17)20)15(19-16(11)21-2)18-12-7-5-4-6-8-12/h4-8,10H,3,9H2,1-2H3,(H2,17,20)(H,18,19). The Morgan fingerprint density at radius 1 is 1.38 bits per heavy atom. The molecule has 110 valence electrons. The van der Waals surface area contributed by atoms with E-state index >= 15 is 0 Å². The monoisotopic (exact) mass is 301 g/mol. The maximum atomic E-state index is 11.7. The summed E-state index contributed by atoms with van der Waals surface area (Å²) in [4.78, 5) is 16.3. The molecule has 1 aliphatic heterocycles. The van der Waals surface area contributed by atoms with Crippen molar-refractivity contribution >= 4 is 29.2 Å².